The number of aromatic nitrogens is 3. The third-order valence-electron chi connectivity index (χ3n) is 6.68. The van der Waals surface area contributed by atoms with Crippen molar-refractivity contribution in [3.63, 3.8) is 0 Å². The molecule has 3 amide bonds. The number of piperidine rings is 1. The molecule has 2 aliphatic heterocycles. The van der Waals surface area contributed by atoms with E-state index in [-0.39, 0.29) is 18.0 Å². The lowest BCUT2D eigenvalue weighted by molar-refractivity contribution is -0.140. The number of urea groups is 1. The average Bonchev–Trinajstić information content (AvgIpc) is 2.89. The van der Waals surface area contributed by atoms with E-state index in [2.05, 4.69) is 9.97 Å². The standard InChI is InChI=1S/C25H28N6O4/c1-15(32)24(33)30-10-8-18(9-11-30)31-23-17(14-29(2)25(31)34)13-26-20-6-5-19(28-22(20)23)16-4-7-21(35-3)27-12-16/h4-7,12-13,15,18,32H,8-11,14H2,1-3H3/t15-/m0/s1. The van der Waals surface area contributed by atoms with Crippen LogP contribution < -0.4 is 9.64 Å². The predicted octanol–water partition coefficient (Wildman–Crippen LogP) is 2.44. The molecule has 0 radical (unpaired) electrons. The Kier molecular flexibility index (Phi) is 5.98. The molecule has 0 aromatic carbocycles. The van der Waals surface area contributed by atoms with Gasteiger partial charge in [0.1, 0.15) is 11.6 Å². The van der Waals surface area contributed by atoms with Crippen molar-refractivity contribution in [1.82, 2.24) is 24.8 Å². The molecule has 35 heavy (non-hydrogen) atoms. The first kappa shape index (κ1) is 23.0. The van der Waals surface area contributed by atoms with Gasteiger partial charge < -0.3 is 19.6 Å². The number of amides is 3. The molecule has 182 valence electrons. The summed E-state index contributed by atoms with van der Waals surface area (Å²) in [6.07, 6.45) is 3.73. The van der Waals surface area contributed by atoms with Crippen LogP contribution in [0, 0.1) is 0 Å². The Morgan fingerprint density at radius 3 is 2.57 bits per heavy atom. The van der Waals surface area contributed by atoms with Crippen LogP contribution in [0.3, 0.4) is 0 Å². The van der Waals surface area contributed by atoms with Crippen LogP contribution >= 0.6 is 0 Å². The normalized spacial score (nSPS) is 17.5. The summed E-state index contributed by atoms with van der Waals surface area (Å²) >= 11 is 0. The number of anilines is 1. The van der Waals surface area contributed by atoms with Gasteiger partial charge >= 0.3 is 6.03 Å². The molecule has 3 aromatic heterocycles. The second kappa shape index (κ2) is 9.10. The molecule has 0 aliphatic carbocycles. The summed E-state index contributed by atoms with van der Waals surface area (Å²) in [6, 6.07) is 7.30. The number of ether oxygens (including phenoxy) is 1. The van der Waals surface area contributed by atoms with Crippen molar-refractivity contribution in [2.75, 3.05) is 32.1 Å². The van der Waals surface area contributed by atoms with E-state index in [1.165, 1.54) is 6.92 Å². The van der Waals surface area contributed by atoms with Gasteiger partial charge in [-0.05, 0) is 38.0 Å². The van der Waals surface area contributed by atoms with E-state index < -0.39 is 6.10 Å². The fourth-order valence-corrected chi connectivity index (χ4v) is 4.84. The third kappa shape index (κ3) is 4.14. The Labute approximate surface area is 203 Å². The van der Waals surface area contributed by atoms with Crippen molar-refractivity contribution in [3.8, 4) is 17.1 Å². The molecule has 0 spiro atoms. The topological polar surface area (TPSA) is 112 Å². The molecule has 2 aliphatic rings. The summed E-state index contributed by atoms with van der Waals surface area (Å²) in [6.45, 7) is 2.89. The van der Waals surface area contributed by atoms with E-state index in [9.17, 15) is 14.7 Å². The molecule has 1 atom stereocenters. The highest BCUT2D eigenvalue weighted by Gasteiger charge is 2.38. The molecule has 5 heterocycles. The summed E-state index contributed by atoms with van der Waals surface area (Å²) in [5.74, 6) is 0.244. The number of fused-ring (bicyclic) bond motifs is 3. The first-order valence-electron chi connectivity index (χ1n) is 11.7. The van der Waals surface area contributed by atoms with Gasteiger partial charge in [-0.3, -0.25) is 14.7 Å². The van der Waals surface area contributed by atoms with Gasteiger partial charge in [0.25, 0.3) is 5.91 Å². The molecule has 1 N–H and O–H groups in total. The van der Waals surface area contributed by atoms with Crippen LogP contribution in [-0.4, -0.2) is 81.2 Å². The first-order valence-corrected chi connectivity index (χ1v) is 11.7. The van der Waals surface area contributed by atoms with E-state index in [4.69, 9.17) is 9.72 Å². The molecule has 0 unspecified atom stereocenters. The van der Waals surface area contributed by atoms with Crippen LogP contribution in [0.2, 0.25) is 0 Å². The van der Waals surface area contributed by atoms with Crippen LogP contribution in [0.4, 0.5) is 10.5 Å². The van der Waals surface area contributed by atoms with Gasteiger partial charge in [-0.15, -0.1) is 0 Å². The zero-order valence-corrected chi connectivity index (χ0v) is 20.0. The second-order valence-electron chi connectivity index (χ2n) is 9.03. The molecule has 1 fully saturated rings. The van der Waals surface area contributed by atoms with Crippen LogP contribution in [-0.2, 0) is 11.3 Å². The molecular weight excluding hydrogens is 448 g/mol. The third-order valence-corrected chi connectivity index (χ3v) is 6.68. The van der Waals surface area contributed by atoms with Crippen LogP contribution in [0.25, 0.3) is 22.3 Å². The minimum absolute atomic E-state index is 0.0939. The molecule has 0 bridgehead atoms. The van der Waals surface area contributed by atoms with Crippen molar-refractivity contribution in [3.05, 3.63) is 42.2 Å². The Bertz CT molecular complexity index is 1270. The number of methoxy groups -OCH3 is 1. The van der Waals surface area contributed by atoms with Crippen molar-refractivity contribution in [1.29, 1.82) is 0 Å². The van der Waals surface area contributed by atoms with E-state index in [1.54, 1.807) is 36.2 Å². The molecule has 10 heteroatoms. The Morgan fingerprint density at radius 2 is 1.91 bits per heavy atom. The fraction of sp³-hybridized carbons (Fsp3) is 0.400. The first-order chi connectivity index (χ1) is 16.9. The van der Waals surface area contributed by atoms with Crippen LogP contribution in [0.15, 0.2) is 36.7 Å². The van der Waals surface area contributed by atoms with Gasteiger partial charge in [0.2, 0.25) is 5.88 Å². The number of carbonyl (C=O) groups is 2. The number of likely N-dealkylation sites (tertiary alicyclic amines) is 1. The SMILES string of the molecule is COc1ccc(-c2ccc3ncc4c(c3n2)N(C2CCN(C(=O)[C@H](C)O)CC2)C(=O)N(C)C4)cn1. The number of pyridine rings is 3. The highest BCUT2D eigenvalue weighted by molar-refractivity contribution is 6.04. The lowest BCUT2D eigenvalue weighted by Crippen LogP contribution is -2.55. The van der Waals surface area contributed by atoms with E-state index >= 15 is 0 Å². The Hall–Kier alpha value is -3.79. The van der Waals surface area contributed by atoms with Crippen molar-refractivity contribution in [2.24, 2.45) is 0 Å². The monoisotopic (exact) mass is 476 g/mol. The minimum Gasteiger partial charge on any atom is -0.481 e. The Balaban J connectivity index is 1.54. The summed E-state index contributed by atoms with van der Waals surface area (Å²) in [7, 11) is 3.35. The summed E-state index contributed by atoms with van der Waals surface area (Å²) in [5.41, 5.74) is 4.65. The number of hydrogen-bond donors (Lipinski definition) is 1. The quantitative estimate of drug-likeness (QED) is 0.616. The van der Waals surface area contributed by atoms with Crippen molar-refractivity contribution in [2.45, 2.75) is 38.5 Å². The fourth-order valence-electron chi connectivity index (χ4n) is 4.84. The number of carbonyl (C=O) groups excluding carboxylic acids is 2. The predicted molar refractivity (Wildman–Crippen MR) is 130 cm³/mol. The van der Waals surface area contributed by atoms with Crippen LogP contribution in [0.1, 0.15) is 25.3 Å². The maximum absolute atomic E-state index is 13.4. The van der Waals surface area contributed by atoms with Gasteiger partial charge in [-0.25, -0.2) is 14.8 Å². The number of aliphatic hydroxyl groups excluding tert-OH is 1. The molecule has 5 rings (SSSR count). The molecule has 10 nitrogen and oxygen atoms in total. The van der Waals surface area contributed by atoms with Crippen molar-refractivity contribution >= 4 is 28.7 Å². The smallest absolute Gasteiger partial charge is 0.324 e. The number of aliphatic hydroxyl groups is 1. The molecule has 3 aromatic rings. The lowest BCUT2D eigenvalue weighted by atomic mass is 9.99. The molecule has 0 saturated carbocycles. The zero-order chi connectivity index (χ0) is 24.7. The largest absolute Gasteiger partial charge is 0.481 e. The highest BCUT2D eigenvalue weighted by Crippen LogP contribution is 2.37. The van der Waals surface area contributed by atoms with Gasteiger partial charge in [0, 0.05) is 55.8 Å². The Morgan fingerprint density at radius 1 is 1.14 bits per heavy atom. The van der Waals surface area contributed by atoms with Gasteiger partial charge in [-0.1, -0.05) is 0 Å². The molecular formula is C25H28N6O4. The summed E-state index contributed by atoms with van der Waals surface area (Å²) in [5, 5.41) is 9.67. The minimum atomic E-state index is -1.03. The van der Waals surface area contributed by atoms with E-state index in [0.29, 0.717) is 49.4 Å². The average molecular weight is 477 g/mol. The summed E-state index contributed by atoms with van der Waals surface area (Å²) in [4.78, 5) is 44.7. The molecule has 1 saturated heterocycles. The van der Waals surface area contributed by atoms with E-state index in [0.717, 1.165) is 22.5 Å². The van der Waals surface area contributed by atoms with Crippen LogP contribution in [0.5, 0.6) is 5.88 Å². The lowest BCUT2D eigenvalue weighted by Gasteiger charge is -2.43. The summed E-state index contributed by atoms with van der Waals surface area (Å²) < 4.78 is 5.16. The highest BCUT2D eigenvalue weighted by atomic mass is 16.5. The zero-order valence-electron chi connectivity index (χ0n) is 20.0. The van der Waals surface area contributed by atoms with Gasteiger partial charge in [0.05, 0.1) is 30.6 Å². The van der Waals surface area contributed by atoms with Crippen molar-refractivity contribution < 1.29 is 19.4 Å². The van der Waals surface area contributed by atoms with Gasteiger partial charge in [0.15, 0.2) is 0 Å². The second-order valence-corrected chi connectivity index (χ2v) is 9.03. The number of rotatable bonds is 4. The van der Waals surface area contributed by atoms with E-state index in [1.807, 2.05) is 29.3 Å². The maximum Gasteiger partial charge on any atom is 0.324 e. The number of nitrogens with zero attached hydrogens (tertiary/aromatic N) is 6. The van der Waals surface area contributed by atoms with Gasteiger partial charge in [-0.2, -0.15) is 0 Å². The number of hydrogen-bond acceptors (Lipinski definition) is 7. The maximum atomic E-state index is 13.4.